The van der Waals surface area contributed by atoms with Crippen LogP contribution in [0, 0.1) is 0 Å². The van der Waals surface area contributed by atoms with E-state index in [0.29, 0.717) is 31.6 Å². The summed E-state index contributed by atoms with van der Waals surface area (Å²) in [5, 5.41) is 3.06. The fourth-order valence-electron chi connectivity index (χ4n) is 3.85. The first-order valence-corrected chi connectivity index (χ1v) is 13.0. The van der Waals surface area contributed by atoms with Crippen molar-refractivity contribution in [1.29, 1.82) is 0 Å². The van der Waals surface area contributed by atoms with Crippen LogP contribution in [0.1, 0.15) is 55.5 Å². The van der Waals surface area contributed by atoms with Gasteiger partial charge in [-0.1, -0.05) is 37.1 Å². The highest BCUT2D eigenvalue weighted by molar-refractivity contribution is 7.92. The predicted molar refractivity (Wildman–Crippen MR) is 130 cm³/mol. The number of hydrogen-bond donors (Lipinski definition) is 2. The Balaban J connectivity index is 1.72. The van der Waals surface area contributed by atoms with Crippen molar-refractivity contribution in [2.45, 2.75) is 56.9 Å². The number of nitrogens with zero attached hydrogens (tertiary/aromatic N) is 1. The number of halogens is 1. The van der Waals surface area contributed by atoms with Crippen LogP contribution in [0.4, 0.5) is 5.69 Å². The second-order valence-electron chi connectivity index (χ2n) is 8.31. The van der Waals surface area contributed by atoms with Gasteiger partial charge < -0.3 is 10.2 Å². The molecule has 2 aromatic rings. The molecule has 1 saturated heterocycles. The van der Waals surface area contributed by atoms with Crippen LogP contribution in [-0.4, -0.2) is 44.3 Å². The molecule has 0 bridgehead atoms. The lowest BCUT2D eigenvalue weighted by molar-refractivity contribution is -0.119. The first-order valence-electron chi connectivity index (χ1n) is 11.2. The van der Waals surface area contributed by atoms with Crippen LogP contribution in [0.2, 0.25) is 5.02 Å². The van der Waals surface area contributed by atoms with Crippen molar-refractivity contribution in [3.63, 3.8) is 0 Å². The number of anilines is 1. The molecular formula is C24H30ClN3O4S. The lowest BCUT2D eigenvalue weighted by Crippen LogP contribution is -2.46. The van der Waals surface area contributed by atoms with Crippen LogP contribution in [-0.2, 0) is 21.2 Å². The SMILES string of the molecule is CCCCc1ccc(NS(=O)(=O)c2ccc(Cl)c(C(=O)N3CCC(NC(C)=O)CC3)c2)cc1. The first-order chi connectivity index (χ1) is 15.7. The number of aryl methyl sites for hydroxylation is 1. The van der Waals surface area contributed by atoms with Gasteiger partial charge in [0.1, 0.15) is 0 Å². The van der Waals surface area contributed by atoms with E-state index in [1.807, 2.05) is 12.1 Å². The largest absolute Gasteiger partial charge is 0.353 e. The molecule has 2 aromatic carbocycles. The minimum absolute atomic E-state index is 0.0292. The van der Waals surface area contributed by atoms with Crippen molar-refractivity contribution < 1.29 is 18.0 Å². The van der Waals surface area contributed by atoms with Crippen molar-refractivity contribution in [2.24, 2.45) is 0 Å². The van der Waals surface area contributed by atoms with Crippen molar-refractivity contribution in [3.8, 4) is 0 Å². The Labute approximate surface area is 200 Å². The summed E-state index contributed by atoms with van der Waals surface area (Å²) in [4.78, 5) is 25.9. The number of sulfonamides is 1. The van der Waals surface area contributed by atoms with Gasteiger partial charge in [0, 0.05) is 31.7 Å². The number of carbonyl (C=O) groups excluding carboxylic acids is 2. The second-order valence-corrected chi connectivity index (χ2v) is 10.4. The van der Waals surface area contributed by atoms with Crippen LogP contribution in [0.15, 0.2) is 47.4 Å². The molecule has 1 aliphatic rings. The molecule has 2 amide bonds. The summed E-state index contributed by atoms with van der Waals surface area (Å²) in [6.07, 6.45) is 4.40. The number of nitrogens with one attached hydrogen (secondary N) is 2. The number of unbranched alkanes of at least 4 members (excludes halogenated alkanes) is 1. The molecular weight excluding hydrogens is 462 g/mol. The summed E-state index contributed by atoms with van der Waals surface area (Å²) in [5.41, 5.74) is 1.76. The summed E-state index contributed by atoms with van der Waals surface area (Å²) in [7, 11) is -3.90. The third-order valence-electron chi connectivity index (χ3n) is 5.69. The lowest BCUT2D eigenvalue weighted by Gasteiger charge is -2.32. The van der Waals surface area contributed by atoms with Gasteiger partial charge in [-0.2, -0.15) is 0 Å². The molecule has 178 valence electrons. The number of piperidine rings is 1. The summed E-state index contributed by atoms with van der Waals surface area (Å²) in [5.74, 6) is -0.414. The molecule has 0 unspecified atom stereocenters. The van der Waals surface area contributed by atoms with Crippen LogP contribution >= 0.6 is 11.6 Å². The Morgan fingerprint density at radius 1 is 1.09 bits per heavy atom. The van der Waals surface area contributed by atoms with E-state index in [0.717, 1.165) is 24.8 Å². The number of carbonyl (C=O) groups is 2. The van der Waals surface area contributed by atoms with Crippen LogP contribution in [0.25, 0.3) is 0 Å². The molecule has 0 spiro atoms. The quantitative estimate of drug-likeness (QED) is 0.577. The summed E-state index contributed by atoms with van der Waals surface area (Å²) in [6.45, 7) is 4.51. The van der Waals surface area contributed by atoms with Crippen LogP contribution in [0.5, 0.6) is 0 Å². The molecule has 2 N–H and O–H groups in total. The molecule has 0 radical (unpaired) electrons. The molecule has 1 aliphatic heterocycles. The van der Waals surface area contributed by atoms with Gasteiger partial charge >= 0.3 is 0 Å². The van der Waals surface area contributed by atoms with E-state index in [1.165, 1.54) is 25.1 Å². The van der Waals surface area contributed by atoms with E-state index >= 15 is 0 Å². The zero-order chi connectivity index (χ0) is 24.0. The fraction of sp³-hybridized carbons (Fsp3) is 0.417. The van der Waals surface area contributed by atoms with E-state index in [9.17, 15) is 18.0 Å². The van der Waals surface area contributed by atoms with Crippen LogP contribution in [0.3, 0.4) is 0 Å². The maximum atomic E-state index is 13.0. The van der Waals surface area contributed by atoms with Crippen molar-refractivity contribution >= 4 is 39.1 Å². The summed E-state index contributed by atoms with van der Waals surface area (Å²) >= 11 is 6.26. The maximum Gasteiger partial charge on any atom is 0.261 e. The molecule has 9 heteroatoms. The molecule has 0 aromatic heterocycles. The Hall–Kier alpha value is -2.58. The highest BCUT2D eigenvalue weighted by Gasteiger charge is 2.26. The van der Waals surface area contributed by atoms with Gasteiger partial charge in [0.2, 0.25) is 5.91 Å². The number of benzene rings is 2. The molecule has 0 aliphatic carbocycles. The van der Waals surface area contributed by atoms with Gasteiger partial charge in [0.05, 0.1) is 15.5 Å². The Kier molecular flexibility index (Phi) is 8.37. The number of rotatable bonds is 8. The maximum absolute atomic E-state index is 13.0. The second kappa shape index (κ2) is 11.0. The first kappa shape index (κ1) is 25.1. The third kappa shape index (κ3) is 6.71. The smallest absolute Gasteiger partial charge is 0.261 e. The van der Waals surface area contributed by atoms with Crippen molar-refractivity contribution in [2.75, 3.05) is 17.8 Å². The monoisotopic (exact) mass is 491 g/mol. The van der Waals surface area contributed by atoms with E-state index in [1.54, 1.807) is 17.0 Å². The van der Waals surface area contributed by atoms with Crippen molar-refractivity contribution in [3.05, 3.63) is 58.6 Å². The minimum atomic E-state index is -3.90. The average molecular weight is 492 g/mol. The molecule has 0 saturated carbocycles. The lowest BCUT2D eigenvalue weighted by atomic mass is 10.0. The van der Waals surface area contributed by atoms with Gasteiger partial charge in [-0.15, -0.1) is 0 Å². The Bertz CT molecular complexity index is 1100. The predicted octanol–water partition coefficient (Wildman–Crippen LogP) is 4.22. The molecule has 1 heterocycles. The van der Waals surface area contributed by atoms with Gasteiger partial charge in [0.25, 0.3) is 15.9 Å². The van der Waals surface area contributed by atoms with Gasteiger partial charge in [-0.25, -0.2) is 8.42 Å². The van der Waals surface area contributed by atoms with Crippen LogP contribution < -0.4 is 10.0 Å². The third-order valence-corrected chi connectivity index (χ3v) is 7.40. The van der Waals surface area contributed by atoms with Gasteiger partial charge in [0.15, 0.2) is 0 Å². The fourth-order valence-corrected chi connectivity index (χ4v) is 5.14. The van der Waals surface area contributed by atoms with Crippen molar-refractivity contribution in [1.82, 2.24) is 10.2 Å². The summed E-state index contributed by atoms with van der Waals surface area (Å²) < 4.78 is 28.5. The standard InChI is InChI=1S/C24H30ClN3O4S/c1-3-4-5-18-6-8-20(9-7-18)27-33(31,32)21-10-11-23(25)22(16-21)24(30)28-14-12-19(13-15-28)26-17(2)29/h6-11,16,19,27H,3-5,12-15H2,1-2H3,(H,26,29). The zero-order valence-electron chi connectivity index (χ0n) is 18.9. The molecule has 3 rings (SSSR count). The topological polar surface area (TPSA) is 95.6 Å². The van der Waals surface area contributed by atoms with E-state index < -0.39 is 10.0 Å². The number of hydrogen-bond acceptors (Lipinski definition) is 4. The summed E-state index contributed by atoms with van der Waals surface area (Å²) in [6, 6.07) is 11.5. The number of likely N-dealkylation sites (tertiary alicyclic amines) is 1. The Morgan fingerprint density at radius 3 is 2.36 bits per heavy atom. The van der Waals surface area contributed by atoms with E-state index in [-0.39, 0.29) is 33.3 Å². The molecule has 7 nitrogen and oxygen atoms in total. The van der Waals surface area contributed by atoms with Gasteiger partial charge in [-0.05, 0) is 61.6 Å². The average Bonchev–Trinajstić information content (AvgIpc) is 2.78. The molecule has 33 heavy (non-hydrogen) atoms. The highest BCUT2D eigenvalue weighted by Crippen LogP contribution is 2.25. The Morgan fingerprint density at radius 2 is 1.76 bits per heavy atom. The molecule has 1 fully saturated rings. The normalized spacial score (nSPS) is 14.7. The zero-order valence-corrected chi connectivity index (χ0v) is 20.5. The van der Waals surface area contributed by atoms with E-state index in [2.05, 4.69) is 17.0 Å². The van der Waals surface area contributed by atoms with Gasteiger partial charge in [-0.3, -0.25) is 14.3 Å². The minimum Gasteiger partial charge on any atom is -0.353 e. The van der Waals surface area contributed by atoms with E-state index in [4.69, 9.17) is 11.6 Å². The number of amides is 2. The molecule has 0 atom stereocenters. The highest BCUT2D eigenvalue weighted by atomic mass is 35.5.